The van der Waals surface area contributed by atoms with Crippen LogP contribution >= 0.6 is 0 Å². The highest BCUT2D eigenvalue weighted by atomic mass is 32.2. The van der Waals surface area contributed by atoms with Crippen LogP contribution in [0.4, 0.5) is 4.79 Å². The third kappa shape index (κ3) is 6.29. The summed E-state index contributed by atoms with van der Waals surface area (Å²) in [6.07, 6.45) is 3.40. The maximum atomic E-state index is 12.3. The molecule has 2 rings (SSSR count). The van der Waals surface area contributed by atoms with Gasteiger partial charge in [-0.25, -0.2) is 4.79 Å². The molecule has 0 saturated carbocycles. The van der Waals surface area contributed by atoms with Crippen LogP contribution in [0.3, 0.4) is 0 Å². The summed E-state index contributed by atoms with van der Waals surface area (Å²) in [6.45, 7) is 6.96. The number of likely N-dealkylation sites (tertiary alicyclic amines) is 1. The second kappa shape index (κ2) is 7.90. The number of rotatable bonds is 4. The van der Waals surface area contributed by atoms with Crippen molar-refractivity contribution in [2.45, 2.75) is 45.0 Å². The lowest BCUT2D eigenvalue weighted by atomic mass is 10.0. The fourth-order valence-electron chi connectivity index (χ4n) is 2.66. The summed E-state index contributed by atoms with van der Waals surface area (Å²) in [4.78, 5) is 18.1. The first-order valence-electron chi connectivity index (χ1n) is 8.06. The van der Waals surface area contributed by atoms with Crippen molar-refractivity contribution in [2.24, 2.45) is 5.92 Å². The molecule has 2 heterocycles. The molecule has 0 radical (unpaired) electrons. The van der Waals surface area contributed by atoms with Gasteiger partial charge in [0.2, 0.25) is 0 Å². The van der Waals surface area contributed by atoms with Gasteiger partial charge in [-0.3, -0.25) is 9.19 Å². The Morgan fingerprint density at radius 2 is 2.22 bits per heavy atom. The van der Waals surface area contributed by atoms with Crippen LogP contribution in [0.25, 0.3) is 0 Å². The Kier molecular flexibility index (Phi) is 6.16. The topological polar surface area (TPSA) is 59.5 Å². The minimum Gasteiger partial charge on any atom is -0.444 e. The van der Waals surface area contributed by atoms with Gasteiger partial charge in [-0.1, -0.05) is 6.07 Å². The summed E-state index contributed by atoms with van der Waals surface area (Å²) >= 11 is 0. The molecule has 1 fully saturated rings. The maximum Gasteiger partial charge on any atom is 0.410 e. The standard InChI is InChI=1S/C17H26N2O3S/c1-17(2,3)22-16(20)19-10-6-7-14(11-19)12-23(21)13-15-8-4-5-9-18-15/h4-5,8-9,14H,6-7,10-13H2,1-3H3/t14-,23+/m1/s1. The summed E-state index contributed by atoms with van der Waals surface area (Å²) in [7, 11) is -0.957. The molecular weight excluding hydrogens is 312 g/mol. The molecule has 1 aliphatic rings. The normalized spacial score (nSPS) is 20.1. The molecule has 0 aromatic carbocycles. The van der Waals surface area contributed by atoms with Gasteiger partial charge < -0.3 is 9.64 Å². The van der Waals surface area contributed by atoms with E-state index in [1.807, 2.05) is 39.0 Å². The number of amides is 1. The van der Waals surface area contributed by atoms with Crippen molar-refractivity contribution in [3.05, 3.63) is 30.1 Å². The van der Waals surface area contributed by atoms with E-state index in [-0.39, 0.29) is 12.0 Å². The van der Waals surface area contributed by atoms with Crippen molar-refractivity contribution >= 4 is 16.9 Å². The Balaban J connectivity index is 1.84. The van der Waals surface area contributed by atoms with E-state index >= 15 is 0 Å². The molecular formula is C17H26N2O3S. The third-order valence-corrected chi connectivity index (χ3v) is 5.09. The van der Waals surface area contributed by atoms with Crippen molar-refractivity contribution in [1.82, 2.24) is 9.88 Å². The number of carbonyl (C=O) groups excluding carboxylic acids is 1. The molecule has 0 bridgehead atoms. The molecule has 1 aromatic rings. The molecule has 1 aliphatic heterocycles. The van der Waals surface area contributed by atoms with Crippen molar-refractivity contribution in [3.63, 3.8) is 0 Å². The highest BCUT2D eigenvalue weighted by molar-refractivity contribution is 7.84. The van der Waals surface area contributed by atoms with E-state index in [2.05, 4.69) is 4.98 Å². The molecule has 1 amide bonds. The van der Waals surface area contributed by atoms with Crippen molar-refractivity contribution in [1.29, 1.82) is 0 Å². The van der Waals surface area contributed by atoms with Crippen LogP contribution in [0, 0.1) is 5.92 Å². The first kappa shape index (κ1) is 17.9. The van der Waals surface area contributed by atoms with E-state index in [0.717, 1.165) is 25.1 Å². The molecule has 23 heavy (non-hydrogen) atoms. The van der Waals surface area contributed by atoms with Crippen LogP contribution in [0.5, 0.6) is 0 Å². The smallest absolute Gasteiger partial charge is 0.410 e. The highest BCUT2D eigenvalue weighted by Crippen LogP contribution is 2.20. The number of ether oxygens (including phenoxy) is 1. The number of piperidine rings is 1. The zero-order valence-corrected chi connectivity index (χ0v) is 15.0. The van der Waals surface area contributed by atoms with Crippen LogP contribution in [0.1, 0.15) is 39.3 Å². The minimum absolute atomic E-state index is 0.265. The first-order chi connectivity index (χ1) is 10.8. The van der Waals surface area contributed by atoms with Gasteiger partial charge in [-0.05, 0) is 51.7 Å². The van der Waals surface area contributed by atoms with Gasteiger partial charge in [0.1, 0.15) is 5.60 Å². The second-order valence-electron chi connectivity index (χ2n) is 7.01. The lowest BCUT2D eigenvalue weighted by Crippen LogP contribution is -2.44. The maximum absolute atomic E-state index is 12.3. The molecule has 5 nitrogen and oxygen atoms in total. The van der Waals surface area contributed by atoms with Crippen LogP contribution in [0.2, 0.25) is 0 Å². The quantitative estimate of drug-likeness (QED) is 0.847. The van der Waals surface area contributed by atoms with Gasteiger partial charge in [0, 0.05) is 35.8 Å². The van der Waals surface area contributed by atoms with Crippen LogP contribution < -0.4 is 0 Å². The van der Waals surface area contributed by atoms with E-state index in [4.69, 9.17) is 4.74 Å². The minimum atomic E-state index is -0.957. The number of aromatic nitrogens is 1. The number of carbonyl (C=O) groups is 1. The average Bonchev–Trinajstić information content (AvgIpc) is 2.46. The fraction of sp³-hybridized carbons (Fsp3) is 0.647. The van der Waals surface area contributed by atoms with Gasteiger partial charge in [-0.2, -0.15) is 0 Å². The Bertz CT molecular complexity index is 543. The zero-order chi connectivity index (χ0) is 16.9. The van der Waals surface area contributed by atoms with Crippen LogP contribution in [-0.2, 0) is 21.3 Å². The van der Waals surface area contributed by atoms with E-state index < -0.39 is 16.4 Å². The molecule has 0 spiro atoms. The van der Waals surface area contributed by atoms with E-state index in [1.54, 1.807) is 11.1 Å². The summed E-state index contributed by atoms with van der Waals surface area (Å²) in [5.41, 5.74) is 0.372. The van der Waals surface area contributed by atoms with Crippen molar-refractivity contribution in [3.8, 4) is 0 Å². The Labute approximate surface area is 140 Å². The molecule has 0 aliphatic carbocycles. The average molecular weight is 338 g/mol. The monoisotopic (exact) mass is 338 g/mol. The Morgan fingerprint density at radius 1 is 1.43 bits per heavy atom. The van der Waals surface area contributed by atoms with Crippen molar-refractivity contribution in [2.75, 3.05) is 18.8 Å². The Hall–Kier alpha value is -1.43. The summed E-state index contributed by atoms with van der Waals surface area (Å²) in [5, 5.41) is 0. The Morgan fingerprint density at radius 3 is 2.87 bits per heavy atom. The summed E-state index contributed by atoms with van der Waals surface area (Å²) in [5.74, 6) is 1.35. The van der Waals surface area contributed by atoms with Gasteiger partial charge >= 0.3 is 6.09 Å². The van der Waals surface area contributed by atoms with Gasteiger partial charge in [0.05, 0.1) is 11.4 Å². The highest BCUT2D eigenvalue weighted by Gasteiger charge is 2.28. The first-order valence-corrected chi connectivity index (χ1v) is 9.55. The lowest BCUT2D eigenvalue weighted by molar-refractivity contribution is 0.0176. The molecule has 1 aromatic heterocycles. The SMILES string of the molecule is CC(C)(C)OC(=O)N1CCC[C@@H](C[S@](=O)Cc2ccccn2)C1. The molecule has 0 unspecified atom stereocenters. The van der Waals surface area contributed by atoms with Gasteiger partial charge in [0.15, 0.2) is 0 Å². The van der Waals surface area contributed by atoms with Gasteiger partial charge in [0.25, 0.3) is 0 Å². The molecule has 6 heteroatoms. The summed E-state index contributed by atoms with van der Waals surface area (Å²) < 4.78 is 17.7. The second-order valence-corrected chi connectivity index (χ2v) is 8.51. The summed E-state index contributed by atoms with van der Waals surface area (Å²) in [6, 6.07) is 5.66. The van der Waals surface area contributed by atoms with Gasteiger partial charge in [-0.15, -0.1) is 0 Å². The molecule has 2 atom stereocenters. The van der Waals surface area contributed by atoms with E-state index in [0.29, 0.717) is 18.1 Å². The number of nitrogens with zero attached hydrogens (tertiary/aromatic N) is 2. The largest absolute Gasteiger partial charge is 0.444 e. The third-order valence-electron chi connectivity index (χ3n) is 3.63. The number of hydrogen-bond acceptors (Lipinski definition) is 4. The fourth-order valence-corrected chi connectivity index (χ4v) is 4.08. The van der Waals surface area contributed by atoms with Crippen LogP contribution in [0.15, 0.2) is 24.4 Å². The molecule has 128 valence electrons. The van der Waals surface area contributed by atoms with Crippen molar-refractivity contribution < 1.29 is 13.7 Å². The zero-order valence-electron chi connectivity index (χ0n) is 14.2. The van der Waals surface area contributed by atoms with E-state index in [1.165, 1.54) is 0 Å². The molecule has 1 saturated heterocycles. The molecule has 0 N–H and O–H groups in total. The van der Waals surface area contributed by atoms with E-state index in [9.17, 15) is 9.00 Å². The predicted molar refractivity (Wildman–Crippen MR) is 91.5 cm³/mol. The predicted octanol–water partition coefficient (Wildman–Crippen LogP) is 2.98. The number of hydrogen-bond donors (Lipinski definition) is 0. The van der Waals surface area contributed by atoms with Crippen LogP contribution in [-0.4, -0.2) is 44.6 Å². The lowest BCUT2D eigenvalue weighted by Gasteiger charge is -2.34. The number of pyridine rings is 1.